The number of aromatic nitrogens is 1. The van der Waals surface area contributed by atoms with E-state index in [2.05, 4.69) is 25.0 Å². The minimum atomic E-state index is -0.253. The molecule has 94 heavy (non-hydrogen) atoms. The van der Waals surface area contributed by atoms with E-state index in [0.717, 1.165) is 196 Å². The first-order chi connectivity index (χ1) is 45.5. The van der Waals surface area contributed by atoms with Crippen LogP contribution in [0.5, 0.6) is 0 Å². The van der Waals surface area contributed by atoms with Gasteiger partial charge in [-0.3, -0.25) is 14.6 Å². The van der Waals surface area contributed by atoms with Gasteiger partial charge in [0.2, 0.25) is 5.91 Å². The smallest absolute Gasteiger partial charge is 0.410 e. The molecular weight excluding hydrogens is 1200 g/mol. The van der Waals surface area contributed by atoms with Crippen molar-refractivity contribution in [2.45, 2.75) is 195 Å². The van der Waals surface area contributed by atoms with Crippen molar-refractivity contribution < 1.29 is 51.4 Å². The number of fused-ring (bicyclic) bond motifs is 10. The predicted octanol–water partition coefficient (Wildman–Crippen LogP) is 11.6. The van der Waals surface area contributed by atoms with E-state index >= 15 is 0 Å². The van der Waals surface area contributed by atoms with E-state index in [9.17, 15) is 37.1 Å². The molecule has 8 fully saturated rings. The summed E-state index contributed by atoms with van der Waals surface area (Å²) < 4.78 is 58.0. The number of pyridine rings is 1. The predicted molar refractivity (Wildman–Crippen MR) is 353 cm³/mol. The van der Waals surface area contributed by atoms with Crippen LogP contribution in [0.15, 0.2) is 79.1 Å². The molecule has 5 unspecified atom stereocenters. The fourth-order valence-corrected chi connectivity index (χ4v) is 18.8. The maximum Gasteiger partial charge on any atom is 0.410 e. The first-order valence-electron chi connectivity index (χ1n) is 35.2. The second-order valence-electron chi connectivity index (χ2n) is 28.6. The number of halogens is 3. The van der Waals surface area contributed by atoms with Crippen molar-refractivity contribution in [1.29, 1.82) is 0 Å². The fraction of sp³-hybridized carbons (Fsp3) is 0.616. The minimum Gasteiger partial charge on any atom is -0.450 e. The molecule has 12 heterocycles. The van der Waals surface area contributed by atoms with Gasteiger partial charge in [0.15, 0.2) is 0 Å². The zero-order valence-electron chi connectivity index (χ0n) is 55.4. The standard InChI is InChI=1S/C28H33FN4O3.C23H32FN3O3.C22H30FN3O2/c1-2-36-27(35)33-21-4-5-22(33)17-23(16-21)31-13-9-28(10-14-31)18-32(25-6-3-20(29)15-24(25)28)26(34)19-7-11-30-12-8-19;1-3-30-22(29)26-11-4-5-19(8-12-26)25-13-9-23(10-14-25)16-27(17(2)28)21-7-6-18(24)15-20(21)23;1-2-28-21(27)26-16-4-5-17(26)13-18(12-16)25-9-7-22(8-10-25)14-24-20-6-3-15(23)11-19(20)22/h3,6-8,11-12,15,21-23H,2,4-5,9-10,13-14,16-18H2,1H3;6-7,15,19H,3-5,8-14,16H2,1-2H3;3,6,11,16-18,24H,2,4-5,7-10,12-14H2,1H3. The Hall–Kier alpha value is -6.97. The number of amides is 5. The average molecular weight is 1300 g/mol. The van der Waals surface area contributed by atoms with Crippen LogP contribution in [-0.2, 0) is 35.3 Å². The van der Waals surface area contributed by atoms with Gasteiger partial charge in [-0.2, -0.15) is 0 Å². The summed E-state index contributed by atoms with van der Waals surface area (Å²) in [4.78, 5) is 83.7. The van der Waals surface area contributed by atoms with Crippen LogP contribution in [-0.4, -0.2) is 199 Å². The number of nitrogens with one attached hydrogen (secondary N) is 1. The second kappa shape index (κ2) is 27.6. The Kier molecular flexibility index (Phi) is 19.3. The van der Waals surface area contributed by atoms with Crippen LogP contribution in [0, 0.1) is 17.5 Å². The molecule has 1 aromatic heterocycles. The van der Waals surface area contributed by atoms with Crippen molar-refractivity contribution in [1.82, 2.24) is 34.4 Å². The molecule has 0 radical (unpaired) electrons. The van der Waals surface area contributed by atoms with Gasteiger partial charge >= 0.3 is 18.3 Å². The molecule has 5 atom stereocenters. The third-order valence-electron chi connectivity index (χ3n) is 23.7. The molecule has 11 aliphatic heterocycles. The molecule has 21 heteroatoms. The first-order valence-corrected chi connectivity index (χ1v) is 35.2. The van der Waals surface area contributed by atoms with Crippen LogP contribution >= 0.6 is 0 Å². The van der Waals surface area contributed by atoms with E-state index in [-0.39, 0.29) is 75.9 Å². The Balaban J connectivity index is 0.000000129. The second-order valence-corrected chi connectivity index (χ2v) is 28.6. The van der Waals surface area contributed by atoms with E-state index in [1.165, 1.54) is 17.7 Å². The van der Waals surface area contributed by atoms with E-state index in [1.807, 2.05) is 51.3 Å². The SMILES string of the molecule is CCOC(=O)N1C2CCC1CC(N1CCC3(CC1)CN(C(=O)c1ccncc1)c1ccc(F)cc13)C2.CCOC(=O)N1C2CCC1CC(N1CCC3(CC1)CNc1ccc(F)cc13)C2.CCOC(=O)N1CCCC(N2CCC3(CC2)CN(C(C)=O)c2ccc(F)cc23)CC1. The number of anilines is 3. The largest absolute Gasteiger partial charge is 0.450 e. The van der Waals surface area contributed by atoms with Gasteiger partial charge in [-0.15, -0.1) is 0 Å². The molecule has 4 bridgehead atoms. The minimum absolute atomic E-state index is 0.0185. The van der Waals surface area contributed by atoms with E-state index < -0.39 is 0 Å². The Bertz CT molecular complexity index is 3380. The summed E-state index contributed by atoms with van der Waals surface area (Å²) >= 11 is 0. The number of ether oxygens (including phenoxy) is 3. The zero-order chi connectivity index (χ0) is 65.5. The lowest BCUT2D eigenvalue weighted by molar-refractivity contribution is -0.116. The molecule has 3 aromatic carbocycles. The molecule has 0 aliphatic carbocycles. The number of hydrogen-bond donors (Lipinski definition) is 1. The number of nitrogens with zero attached hydrogens (tertiary/aromatic N) is 9. The van der Waals surface area contributed by atoms with Crippen LogP contribution in [0.4, 0.5) is 44.6 Å². The summed E-state index contributed by atoms with van der Waals surface area (Å²) in [5.41, 5.74) is 6.22. The molecule has 4 aromatic rings. The molecule has 11 aliphatic rings. The maximum absolute atomic E-state index is 14.4. The van der Waals surface area contributed by atoms with Gasteiger partial charge in [-0.1, -0.05) is 0 Å². The van der Waals surface area contributed by atoms with Crippen LogP contribution < -0.4 is 15.1 Å². The van der Waals surface area contributed by atoms with E-state index in [0.29, 0.717) is 68.7 Å². The van der Waals surface area contributed by atoms with Crippen molar-refractivity contribution in [3.63, 3.8) is 0 Å². The maximum atomic E-state index is 14.4. The summed E-state index contributed by atoms with van der Waals surface area (Å²) in [6, 6.07) is 21.0. The highest BCUT2D eigenvalue weighted by Gasteiger charge is 2.53. The lowest BCUT2D eigenvalue weighted by atomic mass is 9.73. The lowest BCUT2D eigenvalue weighted by Gasteiger charge is -2.47. The summed E-state index contributed by atoms with van der Waals surface area (Å²) in [7, 11) is 0. The third kappa shape index (κ3) is 12.9. The average Bonchev–Trinajstić information content (AvgIpc) is 1.59. The quantitative estimate of drug-likeness (QED) is 0.174. The number of hydrogen-bond acceptors (Lipinski definition) is 13. The Labute approximate surface area is 551 Å². The van der Waals surface area contributed by atoms with Gasteiger partial charge in [-0.05, 0) is 253 Å². The topological polar surface area (TPSA) is 164 Å². The summed E-state index contributed by atoms with van der Waals surface area (Å²) in [5.74, 6) is -0.662. The highest BCUT2D eigenvalue weighted by atomic mass is 19.1. The van der Waals surface area contributed by atoms with Gasteiger partial charge in [0.25, 0.3) is 5.91 Å². The molecule has 18 nitrogen and oxygen atoms in total. The highest BCUT2D eigenvalue weighted by Crippen LogP contribution is 2.52. The third-order valence-corrected chi connectivity index (χ3v) is 23.7. The lowest BCUT2D eigenvalue weighted by Crippen LogP contribution is -2.55. The number of carbonyl (C=O) groups excluding carboxylic acids is 5. The van der Waals surface area contributed by atoms with Gasteiger partial charge < -0.3 is 58.7 Å². The monoisotopic (exact) mass is 1300 g/mol. The van der Waals surface area contributed by atoms with Crippen molar-refractivity contribution in [2.24, 2.45) is 0 Å². The number of carbonyl (C=O) groups is 5. The first kappa shape index (κ1) is 65.7. The number of likely N-dealkylation sites (tertiary alicyclic amines) is 4. The summed E-state index contributed by atoms with van der Waals surface area (Å²) in [5, 5.41) is 3.49. The molecule has 5 amide bonds. The van der Waals surface area contributed by atoms with Crippen molar-refractivity contribution in [2.75, 3.05) is 107 Å². The Morgan fingerprint density at radius 1 is 0.489 bits per heavy atom. The number of benzene rings is 3. The van der Waals surface area contributed by atoms with Crippen molar-refractivity contribution >= 4 is 47.2 Å². The van der Waals surface area contributed by atoms with Crippen molar-refractivity contribution in [3.8, 4) is 0 Å². The number of piperidine rings is 5. The molecule has 1 N–H and O–H groups in total. The van der Waals surface area contributed by atoms with Crippen LogP contribution in [0.25, 0.3) is 0 Å². The Morgan fingerprint density at radius 2 is 0.926 bits per heavy atom. The normalized spacial score (nSPS) is 27.1. The van der Waals surface area contributed by atoms with Crippen molar-refractivity contribution in [3.05, 3.63) is 119 Å². The Morgan fingerprint density at radius 3 is 1.41 bits per heavy atom. The number of rotatable bonds is 7. The molecular formula is C73H95F3N10O8. The fourth-order valence-electron chi connectivity index (χ4n) is 18.8. The van der Waals surface area contributed by atoms with Gasteiger partial charge in [0.1, 0.15) is 17.5 Å². The van der Waals surface area contributed by atoms with Gasteiger partial charge in [-0.25, -0.2) is 27.6 Å². The molecule has 15 rings (SSSR count). The zero-order valence-corrected chi connectivity index (χ0v) is 55.4. The summed E-state index contributed by atoms with van der Waals surface area (Å²) in [6.07, 6.45) is 20.0. The van der Waals surface area contributed by atoms with E-state index in [1.54, 1.807) is 67.8 Å². The molecule has 3 spiro atoms. The van der Waals surface area contributed by atoms with Gasteiger partial charge in [0, 0.05) is 133 Å². The van der Waals surface area contributed by atoms with Gasteiger partial charge in [0.05, 0.1) is 19.8 Å². The highest BCUT2D eigenvalue weighted by molar-refractivity contribution is 6.07. The van der Waals surface area contributed by atoms with Crippen LogP contribution in [0.2, 0.25) is 0 Å². The molecule has 506 valence electrons. The molecule has 0 saturated carbocycles. The van der Waals surface area contributed by atoms with Crippen LogP contribution in [0.3, 0.4) is 0 Å². The van der Waals surface area contributed by atoms with Crippen LogP contribution in [0.1, 0.15) is 164 Å². The summed E-state index contributed by atoms with van der Waals surface area (Å²) in [6.45, 7) is 17.9. The molecule has 8 saturated heterocycles. The van der Waals surface area contributed by atoms with E-state index in [4.69, 9.17) is 14.2 Å².